The van der Waals surface area contributed by atoms with E-state index in [9.17, 15) is 22.8 Å². The molecule has 27 heavy (non-hydrogen) atoms. The van der Waals surface area contributed by atoms with Gasteiger partial charge in [-0.1, -0.05) is 31.0 Å². The molecular formula is C20H27F3N2O2. The molecule has 0 saturated heterocycles. The van der Waals surface area contributed by atoms with Crippen molar-refractivity contribution in [3.63, 3.8) is 0 Å². The standard InChI is InChI=1S/C20H27F3N2O2/c1-4-25(13-17(26)24-14(2)3)18(27)19(10-5-6-11-19)15-8-7-9-16(12-15)20(21,22)23/h7-9,12,14H,4-6,10-11,13H2,1-3H3,(H,24,26). The van der Waals surface area contributed by atoms with Crippen molar-refractivity contribution in [1.82, 2.24) is 10.2 Å². The number of alkyl halides is 3. The first-order valence-electron chi connectivity index (χ1n) is 9.36. The van der Waals surface area contributed by atoms with Gasteiger partial charge in [0.2, 0.25) is 11.8 Å². The molecule has 1 aliphatic carbocycles. The Morgan fingerprint density at radius 3 is 2.37 bits per heavy atom. The van der Waals surface area contributed by atoms with E-state index in [1.54, 1.807) is 13.0 Å². The number of rotatable bonds is 6. The first-order chi connectivity index (χ1) is 12.6. The van der Waals surface area contributed by atoms with Gasteiger partial charge in [-0.25, -0.2) is 0 Å². The van der Waals surface area contributed by atoms with E-state index in [1.807, 2.05) is 13.8 Å². The van der Waals surface area contributed by atoms with Gasteiger partial charge in [-0.05, 0) is 45.2 Å². The number of nitrogens with one attached hydrogen (secondary N) is 1. The largest absolute Gasteiger partial charge is 0.416 e. The summed E-state index contributed by atoms with van der Waals surface area (Å²) in [5.41, 5.74) is -1.35. The summed E-state index contributed by atoms with van der Waals surface area (Å²) < 4.78 is 39.5. The van der Waals surface area contributed by atoms with Gasteiger partial charge in [-0.3, -0.25) is 9.59 Å². The summed E-state index contributed by atoms with van der Waals surface area (Å²) in [6.45, 7) is 5.67. The monoisotopic (exact) mass is 384 g/mol. The van der Waals surface area contributed by atoms with Crippen LogP contribution in [0.4, 0.5) is 13.2 Å². The molecule has 2 amide bonds. The van der Waals surface area contributed by atoms with Crippen molar-refractivity contribution in [2.75, 3.05) is 13.1 Å². The quantitative estimate of drug-likeness (QED) is 0.809. The Kier molecular flexibility index (Phi) is 6.54. The van der Waals surface area contributed by atoms with Gasteiger partial charge < -0.3 is 10.2 Å². The molecule has 0 heterocycles. The van der Waals surface area contributed by atoms with E-state index in [4.69, 9.17) is 0 Å². The van der Waals surface area contributed by atoms with E-state index in [2.05, 4.69) is 5.32 Å². The molecule has 1 aliphatic rings. The van der Waals surface area contributed by atoms with Crippen molar-refractivity contribution < 1.29 is 22.8 Å². The molecule has 2 rings (SSSR count). The lowest BCUT2D eigenvalue weighted by molar-refractivity contribution is -0.141. The minimum Gasteiger partial charge on any atom is -0.352 e. The van der Waals surface area contributed by atoms with Crippen LogP contribution >= 0.6 is 0 Å². The fraction of sp³-hybridized carbons (Fsp3) is 0.600. The fourth-order valence-corrected chi connectivity index (χ4v) is 3.77. The van der Waals surface area contributed by atoms with E-state index in [0.29, 0.717) is 24.9 Å². The molecule has 1 N–H and O–H groups in total. The maximum Gasteiger partial charge on any atom is 0.416 e. The van der Waals surface area contributed by atoms with E-state index in [-0.39, 0.29) is 24.4 Å². The highest BCUT2D eigenvalue weighted by Crippen LogP contribution is 2.44. The van der Waals surface area contributed by atoms with Crippen molar-refractivity contribution >= 4 is 11.8 Å². The average Bonchev–Trinajstić information content (AvgIpc) is 3.09. The minimum atomic E-state index is -4.46. The normalized spacial score (nSPS) is 16.4. The second-order valence-electron chi connectivity index (χ2n) is 7.41. The first kappa shape index (κ1) is 21.3. The number of hydrogen-bond acceptors (Lipinski definition) is 2. The minimum absolute atomic E-state index is 0.0461. The van der Waals surface area contributed by atoms with E-state index in [0.717, 1.165) is 25.0 Å². The van der Waals surface area contributed by atoms with Gasteiger partial charge in [0, 0.05) is 12.6 Å². The number of benzene rings is 1. The van der Waals surface area contributed by atoms with Gasteiger partial charge in [0.25, 0.3) is 0 Å². The highest BCUT2D eigenvalue weighted by Gasteiger charge is 2.45. The number of nitrogens with zero attached hydrogens (tertiary/aromatic N) is 1. The van der Waals surface area contributed by atoms with Gasteiger partial charge in [0.05, 0.1) is 17.5 Å². The Balaban J connectivity index is 2.34. The van der Waals surface area contributed by atoms with Crippen LogP contribution in [0.3, 0.4) is 0 Å². The molecule has 0 bridgehead atoms. The molecule has 150 valence electrons. The molecule has 1 fully saturated rings. The molecule has 0 aromatic heterocycles. The smallest absolute Gasteiger partial charge is 0.352 e. The Bertz CT molecular complexity index is 680. The van der Waals surface area contributed by atoms with E-state index in [1.165, 1.54) is 11.0 Å². The average molecular weight is 384 g/mol. The SMILES string of the molecule is CCN(CC(=O)NC(C)C)C(=O)C1(c2cccc(C(F)(F)F)c2)CCCC1. The molecule has 1 saturated carbocycles. The number of carbonyl (C=O) groups excluding carboxylic acids is 2. The van der Waals surface area contributed by atoms with Crippen molar-refractivity contribution in [2.24, 2.45) is 0 Å². The highest BCUT2D eigenvalue weighted by atomic mass is 19.4. The molecule has 0 unspecified atom stereocenters. The summed E-state index contributed by atoms with van der Waals surface area (Å²) in [6, 6.07) is 5.01. The predicted octanol–water partition coefficient (Wildman–Crippen LogP) is 3.89. The molecular weight excluding hydrogens is 357 g/mol. The molecule has 0 radical (unpaired) electrons. The maximum absolute atomic E-state index is 13.3. The van der Waals surface area contributed by atoms with Crippen LogP contribution in [0.2, 0.25) is 0 Å². The fourth-order valence-electron chi connectivity index (χ4n) is 3.77. The van der Waals surface area contributed by atoms with Gasteiger partial charge >= 0.3 is 6.18 Å². The number of amides is 2. The van der Waals surface area contributed by atoms with Crippen molar-refractivity contribution in [1.29, 1.82) is 0 Å². The predicted molar refractivity (Wildman–Crippen MR) is 97.1 cm³/mol. The van der Waals surface area contributed by atoms with Gasteiger partial charge in [-0.2, -0.15) is 13.2 Å². The number of hydrogen-bond donors (Lipinski definition) is 1. The Labute approximate surface area is 158 Å². The highest BCUT2D eigenvalue weighted by molar-refractivity contribution is 5.92. The number of halogens is 3. The topological polar surface area (TPSA) is 49.4 Å². The van der Waals surface area contributed by atoms with Crippen LogP contribution in [0.15, 0.2) is 24.3 Å². The Morgan fingerprint density at radius 2 is 1.85 bits per heavy atom. The van der Waals surface area contributed by atoms with Gasteiger partial charge in [0.1, 0.15) is 0 Å². The Hall–Kier alpha value is -2.05. The van der Waals surface area contributed by atoms with Crippen LogP contribution < -0.4 is 5.32 Å². The van der Waals surface area contributed by atoms with Crippen LogP contribution in [0.5, 0.6) is 0 Å². The summed E-state index contributed by atoms with van der Waals surface area (Å²) in [4.78, 5) is 26.9. The van der Waals surface area contributed by atoms with Crippen LogP contribution in [0.25, 0.3) is 0 Å². The third-order valence-corrected chi connectivity index (χ3v) is 5.06. The molecule has 0 aliphatic heterocycles. The summed E-state index contributed by atoms with van der Waals surface area (Å²) >= 11 is 0. The van der Waals surface area contributed by atoms with Crippen molar-refractivity contribution in [2.45, 2.75) is 64.1 Å². The molecule has 0 spiro atoms. The summed E-state index contributed by atoms with van der Waals surface area (Å²) in [6.07, 6.45) is -1.92. The zero-order chi connectivity index (χ0) is 20.2. The first-order valence-corrected chi connectivity index (χ1v) is 9.36. The second kappa shape index (κ2) is 8.31. The maximum atomic E-state index is 13.3. The number of likely N-dealkylation sites (N-methyl/N-ethyl adjacent to an activating group) is 1. The third kappa shape index (κ3) is 4.82. The second-order valence-corrected chi connectivity index (χ2v) is 7.41. The molecule has 0 atom stereocenters. The van der Waals surface area contributed by atoms with E-state index >= 15 is 0 Å². The summed E-state index contributed by atoms with van der Waals surface area (Å²) in [5, 5.41) is 2.75. The van der Waals surface area contributed by atoms with Crippen LogP contribution in [-0.2, 0) is 21.2 Å². The van der Waals surface area contributed by atoms with E-state index < -0.39 is 17.2 Å². The lowest BCUT2D eigenvalue weighted by Gasteiger charge is -2.34. The van der Waals surface area contributed by atoms with Crippen LogP contribution in [0.1, 0.15) is 57.6 Å². The van der Waals surface area contributed by atoms with Crippen molar-refractivity contribution in [3.8, 4) is 0 Å². The molecule has 1 aromatic carbocycles. The summed E-state index contributed by atoms with van der Waals surface area (Å²) in [5.74, 6) is -0.530. The van der Waals surface area contributed by atoms with Gasteiger partial charge in [0.15, 0.2) is 0 Å². The Morgan fingerprint density at radius 1 is 1.22 bits per heavy atom. The third-order valence-electron chi connectivity index (χ3n) is 5.06. The van der Waals surface area contributed by atoms with Gasteiger partial charge in [-0.15, -0.1) is 0 Å². The lowest BCUT2D eigenvalue weighted by Crippen LogP contribution is -2.49. The summed E-state index contributed by atoms with van der Waals surface area (Å²) in [7, 11) is 0. The number of carbonyl (C=O) groups is 2. The van der Waals surface area contributed by atoms with Crippen molar-refractivity contribution in [3.05, 3.63) is 35.4 Å². The molecule has 4 nitrogen and oxygen atoms in total. The van der Waals surface area contributed by atoms with Crippen LogP contribution in [-0.4, -0.2) is 35.8 Å². The lowest BCUT2D eigenvalue weighted by atomic mass is 9.77. The molecule has 7 heteroatoms. The zero-order valence-corrected chi connectivity index (χ0v) is 16.0. The zero-order valence-electron chi connectivity index (χ0n) is 16.0. The molecule has 1 aromatic rings. The van der Waals surface area contributed by atoms with Crippen LogP contribution in [0, 0.1) is 0 Å².